The fraction of sp³-hybridized carbons (Fsp3) is 0.273. The van der Waals surface area contributed by atoms with Crippen molar-refractivity contribution in [3.63, 3.8) is 0 Å². The Morgan fingerprint density at radius 1 is 1.19 bits per heavy atom. The zero-order valence-electron chi connectivity index (χ0n) is 14.9. The van der Waals surface area contributed by atoms with Crippen molar-refractivity contribution >= 4 is 28.3 Å². The minimum atomic E-state index is -0.265. The van der Waals surface area contributed by atoms with Crippen molar-refractivity contribution in [3.05, 3.63) is 77.4 Å². The summed E-state index contributed by atoms with van der Waals surface area (Å²) in [7, 11) is 0. The predicted molar refractivity (Wildman–Crippen MR) is 105 cm³/mol. The molecule has 4 rings (SSSR count). The maximum atomic E-state index is 15.0. The molecule has 5 heteroatoms. The van der Waals surface area contributed by atoms with E-state index < -0.39 is 0 Å². The van der Waals surface area contributed by atoms with Crippen molar-refractivity contribution in [2.24, 2.45) is 0 Å². The Balaban J connectivity index is 1.64. The van der Waals surface area contributed by atoms with Crippen LogP contribution in [0.3, 0.4) is 0 Å². The molecular weight excluding hydrogens is 363 g/mol. The van der Waals surface area contributed by atoms with E-state index >= 15 is 4.39 Å². The van der Waals surface area contributed by atoms with Gasteiger partial charge < -0.3 is 4.90 Å². The summed E-state index contributed by atoms with van der Waals surface area (Å²) in [5, 5.41) is 1.43. The number of hydrogen-bond acceptors (Lipinski definition) is 2. The molecule has 0 fully saturated rings. The summed E-state index contributed by atoms with van der Waals surface area (Å²) in [5.41, 5.74) is 2.76. The summed E-state index contributed by atoms with van der Waals surface area (Å²) in [4.78, 5) is 18.7. The van der Waals surface area contributed by atoms with Crippen LogP contribution in [-0.4, -0.2) is 27.7 Å². The third kappa shape index (κ3) is 3.54. The third-order valence-corrected chi connectivity index (χ3v) is 5.54. The van der Waals surface area contributed by atoms with E-state index in [4.69, 9.17) is 11.6 Å². The summed E-state index contributed by atoms with van der Waals surface area (Å²) >= 11 is 5.87. The number of amides is 1. The molecule has 3 nitrogen and oxygen atoms in total. The van der Waals surface area contributed by atoms with Gasteiger partial charge in [0, 0.05) is 35.4 Å². The third-order valence-electron chi connectivity index (χ3n) is 5.31. The molecule has 1 aliphatic carbocycles. The number of benzene rings is 2. The molecule has 0 aliphatic heterocycles. The lowest BCUT2D eigenvalue weighted by molar-refractivity contribution is -0.131. The van der Waals surface area contributed by atoms with Gasteiger partial charge in [-0.05, 0) is 36.3 Å². The molecule has 1 amide bonds. The summed E-state index contributed by atoms with van der Waals surface area (Å²) in [6, 6.07) is 15.0. The second kappa shape index (κ2) is 7.65. The van der Waals surface area contributed by atoms with Crippen molar-refractivity contribution in [2.75, 3.05) is 5.88 Å². The van der Waals surface area contributed by atoms with Gasteiger partial charge in [-0.15, -0.1) is 11.6 Å². The van der Waals surface area contributed by atoms with Gasteiger partial charge in [0.15, 0.2) is 0 Å². The van der Waals surface area contributed by atoms with E-state index in [1.807, 2.05) is 30.3 Å². The van der Waals surface area contributed by atoms with Crippen LogP contribution in [0.25, 0.3) is 10.8 Å². The molecule has 1 unspecified atom stereocenters. The van der Waals surface area contributed by atoms with E-state index in [0.29, 0.717) is 10.9 Å². The van der Waals surface area contributed by atoms with Gasteiger partial charge >= 0.3 is 0 Å². The number of aryl methyl sites for hydroxylation is 1. The molecule has 1 heterocycles. The highest BCUT2D eigenvalue weighted by atomic mass is 35.5. The standard InChI is InChI=1S/C22H20ClFN2O/c23-13-21(27)26(18-9-10-20-16(12-18)5-3-11-25-20)14-17-8-7-15-4-1-2-6-19(15)22(17)24/h1-8,11,18H,9-10,12-14H2. The topological polar surface area (TPSA) is 33.2 Å². The van der Waals surface area contributed by atoms with Crippen LogP contribution in [-0.2, 0) is 24.2 Å². The van der Waals surface area contributed by atoms with Crippen molar-refractivity contribution in [3.8, 4) is 0 Å². The second-order valence-corrected chi connectivity index (χ2v) is 7.19. The number of carbonyl (C=O) groups excluding carboxylic acids is 1. The summed E-state index contributed by atoms with van der Waals surface area (Å²) in [5.74, 6) is -0.536. The molecule has 0 saturated heterocycles. The van der Waals surface area contributed by atoms with Gasteiger partial charge in [-0.25, -0.2) is 4.39 Å². The smallest absolute Gasteiger partial charge is 0.238 e. The Hall–Kier alpha value is -2.46. The largest absolute Gasteiger partial charge is 0.334 e. The minimum absolute atomic E-state index is 0.00109. The first kappa shape index (κ1) is 17.9. The van der Waals surface area contributed by atoms with Crippen LogP contribution in [0.5, 0.6) is 0 Å². The number of rotatable bonds is 4. The number of fused-ring (bicyclic) bond motifs is 2. The van der Waals surface area contributed by atoms with Crippen LogP contribution in [0, 0.1) is 5.82 Å². The second-order valence-electron chi connectivity index (χ2n) is 6.92. The van der Waals surface area contributed by atoms with E-state index in [0.717, 1.165) is 35.9 Å². The van der Waals surface area contributed by atoms with Crippen molar-refractivity contribution in [2.45, 2.75) is 31.8 Å². The van der Waals surface area contributed by atoms with Crippen LogP contribution in [0.2, 0.25) is 0 Å². The Labute approximate surface area is 162 Å². The van der Waals surface area contributed by atoms with Crippen molar-refractivity contribution in [1.82, 2.24) is 9.88 Å². The van der Waals surface area contributed by atoms with Gasteiger partial charge in [0.25, 0.3) is 0 Å². The normalized spacial score (nSPS) is 16.1. The quantitative estimate of drug-likeness (QED) is 0.622. The lowest BCUT2D eigenvalue weighted by Gasteiger charge is -2.35. The van der Waals surface area contributed by atoms with E-state index in [-0.39, 0.29) is 30.2 Å². The van der Waals surface area contributed by atoms with Gasteiger partial charge in [0.05, 0.1) is 0 Å². The van der Waals surface area contributed by atoms with Crippen molar-refractivity contribution < 1.29 is 9.18 Å². The summed E-state index contributed by atoms with van der Waals surface area (Å²) < 4.78 is 15.0. The number of halogens is 2. The minimum Gasteiger partial charge on any atom is -0.334 e. The Morgan fingerprint density at radius 2 is 2.04 bits per heavy atom. The molecule has 27 heavy (non-hydrogen) atoms. The Morgan fingerprint density at radius 3 is 2.89 bits per heavy atom. The molecule has 1 atom stereocenters. The molecule has 1 aromatic heterocycles. The Kier molecular flexibility index (Phi) is 5.08. The lowest BCUT2D eigenvalue weighted by atomic mass is 9.90. The number of carbonyl (C=O) groups is 1. The molecule has 0 radical (unpaired) electrons. The summed E-state index contributed by atoms with van der Waals surface area (Å²) in [6.45, 7) is 0.225. The van der Waals surface area contributed by atoms with Gasteiger partial charge in [0.2, 0.25) is 5.91 Å². The first-order chi connectivity index (χ1) is 13.2. The first-order valence-corrected chi connectivity index (χ1v) is 9.65. The highest BCUT2D eigenvalue weighted by Crippen LogP contribution is 2.27. The number of aromatic nitrogens is 1. The molecule has 0 bridgehead atoms. The Bertz CT molecular complexity index is 991. The van der Waals surface area contributed by atoms with Crippen LogP contribution in [0.15, 0.2) is 54.7 Å². The highest BCUT2D eigenvalue weighted by molar-refractivity contribution is 6.27. The average molecular weight is 383 g/mol. The molecule has 1 aliphatic rings. The monoisotopic (exact) mass is 382 g/mol. The number of nitrogens with zero attached hydrogens (tertiary/aromatic N) is 2. The number of pyridine rings is 1. The van der Waals surface area contributed by atoms with E-state index in [1.165, 1.54) is 0 Å². The highest BCUT2D eigenvalue weighted by Gasteiger charge is 2.28. The average Bonchev–Trinajstić information content (AvgIpc) is 2.72. The maximum Gasteiger partial charge on any atom is 0.238 e. The first-order valence-electron chi connectivity index (χ1n) is 9.11. The zero-order valence-corrected chi connectivity index (χ0v) is 15.6. The SMILES string of the molecule is O=C(CCl)N(Cc1ccc2ccccc2c1F)C1CCc2ncccc2C1. The van der Waals surface area contributed by atoms with Gasteiger partial charge in [-0.1, -0.05) is 42.5 Å². The van der Waals surface area contributed by atoms with Gasteiger partial charge in [-0.3, -0.25) is 9.78 Å². The van der Waals surface area contributed by atoms with Crippen LogP contribution in [0.1, 0.15) is 23.2 Å². The summed E-state index contributed by atoms with van der Waals surface area (Å²) in [6.07, 6.45) is 4.14. The van der Waals surface area contributed by atoms with Crippen LogP contribution >= 0.6 is 11.6 Å². The predicted octanol–water partition coefficient (Wildman–Crippen LogP) is 4.50. The van der Waals surface area contributed by atoms with E-state index in [9.17, 15) is 4.79 Å². The van der Waals surface area contributed by atoms with Gasteiger partial charge in [0.1, 0.15) is 11.7 Å². The molecule has 138 valence electrons. The molecular formula is C22H20ClFN2O. The van der Waals surface area contributed by atoms with Crippen LogP contribution in [0.4, 0.5) is 4.39 Å². The molecule has 2 aromatic carbocycles. The maximum absolute atomic E-state index is 15.0. The lowest BCUT2D eigenvalue weighted by Crippen LogP contribution is -2.43. The van der Waals surface area contributed by atoms with Gasteiger partial charge in [-0.2, -0.15) is 0 Å². The molecule has 0 N–H and O–H groups in total. The molecule has 3 aromatic rings. The van der Waals surface area contributed by atoms with E-state index in [1.54, 1.807) is 23.2 Å². The van der Waals surface area contributed by atoms with E-state index in [2.05, 4.69) is 11.1 Å². The fourth-order valence-electron chi connectivity index (χ4n) is 3.89. The fourth-order valence-corrected chi connectivity index (χ4v) is 4.04. The molecule has 0 saturated carbocycles. The number of alkyl halides is 1. The number of hydrogen-bond donors (Lipinski definition) is 0. The molecule has 0 spiro atoms. The van der Waals surface area contributed by atoms with Crippen molar-refractivity contribution in [1.29, 1.82) is 0 Å². The zero-order chi connectivity index (χ0) is 18.8. The van der Waals surface area contributed by atoms with Crippen LogP contribution < -0.4 is 0 Å².